The molecule has 2 saturated carbocycles. The molecular formula is C15H26N2O. The summed E-state index contributed by atoms with van der Waals surface area (Å²) in [7, 11) is 0. The standard InChI is InChI=1S/C15H26N2O/c1-2-12-7-3-4-8-13(12)17-11-16-15(14(17)18)9-5-6-10-15/h12-13,16H,2-11H2,1H3. The number of nitrogens with zero attached hydrogens (tertiary/aromatic N) is 1. The zero-order valence-corrected chi connectivity index (χ0v) is 11.6. The van der Waals surface area contributed by atoms with E-state index in [1.54, 1.807) is 0 Å². The minimum atomic E-state index is -0.157. The summed E-state index contributed by atoms with van der Waals surface area (Å²) in [5.41, 5.74) is -0.157. The van der Waals surface area contributed by atoms with Crippen molar-refractivity contribution in [2.45, 2.75) is 76.3 Å². The fourth-order valence-electron chi connectivity index (χ4n) is 4.37. The van der Waals surface area contributed by atoms with Crippen LogP contribution in [-0.2, 0) is 4.79 Å². The second-order valence-electron chi connectivity index (χ2n) is 6.42. The van der Waals surface area contributed by atoms with E-state index in [4.69, 9.17) is 0 Å². The Morgan fingerprint density at radius 2 is 1.94 bits per heavy atom. The van der Waals surface area contributed by atoms with E-state index in [1.165, 1.54) is 44.9 Å². The molecule has 1 spiro atoms. The molecule has 3 fully saturated rings. The average Bonchev–Trinajstić information content (AvgIpc) is 3.00. The van der Waals surface area contributed by atoms with Gasteiger partial charge in [0.1, 0.15) is 0 Å². The molecule has 102 valence electrons. The largest absolute Gasteiger partial charge is 0.325 e. The first kappa shape index (κ1) is 12.5. The van der Waals surface area contributed by atoms with E-state index in [1.807, 2.05) is 0 Å². The zero-order valence-electron chi connectivity index (χ0n) is 11.6. The van der Waals surface area contributed by atoms with Crippen molar-refractivity contribution >= 4 is 5.91 Å². The molecule has 18 heavy (non-hydrogen) atoms. The molecule has 1 aliphatic heterocycles. The monoisotopic (exact) mass is 250 g/mol. The molecule has 0 aromatic carbocycles. The van der Waals surface area contributed by atoms with Gasteiger partial charge in [0.2, 0.25) is 5.91 Å². The van der Waals surface area contributed by atoms with E-state index in [9.17, 15) is 4.79 Å². The zero-order chi connectivity index (χ0) is 12.6. The Morgan fingerprint density at radius 3 is 2.67 bits per heavy atom. The van der Waals surface area contributed by atoms with E-state index in [2.05, 4.69) is 17.1 Å². The highest BCUT2D eigenvalue weighted by Gasteiger charge is 2.50. The number of carbonyl (C=O) groups excluding carboxylic acids is 1. The molecule has 1 amide bonds. The molecule has 2 atom stereocenters. The predicted molar refractivity (Wildman–Crippen MR) is 72.1 cm³/mol. The third-order valence-electron chi connectivity index (χ3n) is 5.51. The van der Waals surface area contributed by atoms with Gasteiger partial charge in [0.05, 0.1) is 12.2 Å². The molecule has 1 saturated heterocycles. The summed E-state index contributed by atoms with van der Waals surface area (Å²) in [5, 5.41) is 3.55. The van der Waals surface area contributed by atoms with Crippen LogP contribution in [0.15, 0.2) is 0 Å². The number of nitrogens with one attached hydrogen (secondary N) is 1. The Kier molecular flexibility index (Phi) is 3.35. The van der Waals surface area contributed by atoms with Gasteiger partial charge in [-0.05, 0) is 31.6 Å². The minimum absolute atomic E-state index is 0.157. The van der Waals surface area contributed by atoms with Gasteiger partial charge in [-0.25, -0.2) is 0 Å². The predicted octanol–water partition coefficient (Wildman–Crippen LogP) is 2.66. The summed E-state index contributed by atoms with van der Waals surface area (Å²) in [6.45, 7) is 3.09. The summed E-state index contributed by atoms with van der Waals surface area (Å²) in [6.07, 6.45) is 11.0. The van der Waals surface area contributed by atoms with Crippen LogP contribution < -0.4 is 5.32 Å². The van der Waals surface area contributed by atoms with Gasteiger partial charge in [-0.15, -0.1) is 0 Å². The fraction of sp³-hybridized carbons (Fsp3) is 0.933. The molecule has 3 rings (SSSR count). The molecule has 1 heterocycles. The SMILES string of the molecule is CCC1CCCCC1N1CNC2(CCCC2)C1=O. The molecule has 2 aliphatic carbocycles. The van der Waals surface area contributed by atoms with Crippen LogP contribution in [0.4, 0.5) is 0 Å². The van der Waals surface area contributed by atoms with Crippen molar-refractivity contribution in [1.29, 1.82) is 0 Å². The van der Waals surface area contributed by atoms with Crippen LogP contribution in [0, 0.1) is 5.92 Å². The first-order chi connectivity index (χ1) is 8.77. The lowest BCUT2D eigenvalue weighted by Crippen LogP contribution is -2.48. The highest BCUT2D eigenvalue weighted by atomic mass is 16.2. The van der Waals surface area contributed by atoms with Gasteiger partial charge in [0, 0.05) is 6.04 Å². The van der Waals surface area contributed by atoms with Crippen LogP contribution in [0.1, 0.15) is 64.7 Å². The van der Waals surface area contributed by atoms with E-state index in [0.29, 0.717) is 11.9 Å². The summed E-state index contributed by atoms with van der Waals surface area (Å²) in [6, 6.07) is 0.517. The lowest BCUT2D eigenvalue weighted by molar-refractivity contribution is -0.135. The van der Waals surface area contributed by atoms with Gasteiger partial charge < -0.3 is 4.90 Å². The Bertz CT molecular complexity index is 322. The lowest BCUT2D eigenvalue weighted by atomic mass is 9.81. The van der Waals surface area contributed by atoms with Gasteiger partial charge >= 0.3 is 0 Å². The molecular weight excluding hydrogens is 224 g/mol. The van der Waals surface area contributed by atoms with Crippen LogP contribution in [0.25, 0.3) is 0 Å². The van der Waals surface area contributed by atoms with Gasteiger partial charge in [0.25, 0.3) is 0 Å². The number of amides is 1. The summed E-state index contributed by atoms with van der Waals surface area (Å²) >= 11 is 0. The number of rotatable bonds is 2. The van der Waals surface area contributed by atoms with Crippen LogP contribution in [0.2, 0.25) is 0 Å². The van der Waals surface area contributed by atoms with E-state index >= 15 is 0 Å². The van der Waals surface area contributed by atoms with Gasteiger partial charge in [-0.2, -0.15) is 0 Å². The van der Waals surface area contributed by atoms with Crippen molar-refractivity contribution in [2.75, 3.05) is 6.67 Å². The Morgan fingerprint density at radius 1 is 1.22 bits per heavy atom. The Labute approximate surface area is 110 Å². The van der Waals surface area contributed by atoms with E-state index in [-0.39, 0.29) is 5.54 Å². The normalized spacial score (nSPS) is 35.6. The quantitative estimate of drug-likeness (QED) is 0.817. The molecule has 0 aromatic rings. The molecule has 2 unspecified atom stereocenters. The van der Waals surface area contributed by atoms with Crippen LogP contribution in [0.3, 0.4) is 0 Å². The molecule has 0 bridgehead atoms. The second-order valence-corrected chi connectivity index (χ2v) is 6.42. The average molecular weight is 250 g/mol. The van der Waals surface area contributed by atoms with Crippen molar-refractivity contribution < 1.29 is 4.79 Å². The van der Waals surface area contributed by atoms with Crippen molar-refractivity contribution in [3.8, 4) is 0 Å². The van der Waals surface area contributed by atoms with Crippen molar-refractivity contribution in [2.24, 2.45) is 5.92 Å². The molecule has 3 nitrogen and oxygen atoms in total. The summed E-state index contributed by atoms with van der Waals surface area (Å²) in [5.74, 6) is 1.16. The highest BCUT2D eigenvalue weighted by Crippen LogP contribution is 2.38. The third kappa shape index (κ3) is 1.87. The maximum Gasteiger partial charge on any atom is 0.244 e. The van der Waals surface area contributed by atoms with Crippen LogP contribution in [-0.4, -0.2) is 29.1 Å². The first-order valence-corrected chi connectivity index (χ1v) is 7.83. The maximum absolute atomic E-state index is 12.8. The number of hydrogen-bond donors (Lipinski definition) is 1. The lowest BCUT2D eigenvalue weighted by Gasteiger charge is -2.37. The third-order valence-corrected chi connectivity index (χ3v) is 5.51. The Hall–Kier alpha value is -0.570. The topological polar surface area (TPSA) is 32.3 Å². The Balaban J connectivity index is 1.74. The van der Waals surface area contributed by atoms with Crippen LogP contribution in [0.5, 0.6) is 0 Å². The first-order valence-electron chi connectivity index (χ1n) is 7.83. The molecule has 3 heteroatoms. The van der Waals surface area contributed by atoms with Crippen LogP contribution >= 0.6 is 0 Å². The smallest absolute Gasteiger partial charge is 0.244 e. The number of carbonyl (C=O) groups is 1. The molecule has 3 aliphatic rings. The van der Waals surface area contributed by atoms with Crippen molar-refractivity contribution in [1.82, 2.24) is 10.2 Å². The van der Waals surface area contributed by atoms with E-state index in [0.717, 1.165) is 25.4 Å². The van der Waals surface area contributed by atoms with E-state index < -0.39 is 0 Å². The minimum Gasteiger partial charge on any atom is -0.325 e. The summed E-state index contributed by atoms with van der Waals surface area (Å²) < 4.78 is 0. The molecule has 0 radical (unpaired) electrons. The molecule has 0 aromatic heterocycles. The van der Waals surface area contributed by atoms with Gasteiger partial charge in [-0.3, -0.25) is 10.1 Å². The second kappa shape index (κ2) is 4.84. The maximum atomic E-state index is 12.8. The van der Waals surface area contributed by atoms with Gasteiger partial charge in [-0.1, -0.05) is 39.0 Å². The van der Waals surface area contributed by atoms with Gasteiger partial charge in [0.15, 0.2) is 0 Å². The van der Waals surface area contributed by atoms with Crippen molar-refractivity contribution in [3.63, 3.8) is 0 Å². The molecule has 1 N–H and O–H groups in total. The number of hydrogen-bond acceptors (Lipinski definition) is 2. The van der Waals surface area contributed by atoms with Crippen molar-refractivity contribution in [3.05, 3.63) is 0 Å². The summed E-state index contributed by atoms with van der Waals surface area (Å²) in [4.78, 5) is 14.9. The fourth-order valence-corrected chi connectivity index (χ4v) is 4.37. The highest BCUT2D eigenvalue weighted by molar-refractivity contribution is 5.89.